The number of halogens is 1. The van der Waals surface area contributed by atoms with E-state index in [1.165, 1.54) is 89.9 Å². The first-order valence-corrected chi connectivity index (χ1v) is 11.4. The van der Waals surface area contributed by atoms with Crippen LogP contribution in [-0.4, -0.2) is 54.6 Å². The molecule has 0 atom stereocenters. The van der Waals surface area contributed by atoms with Crippen molar-refractivity contribution in [3.05, 3.63) is 12.2 Å². The summed E-state index contributed by atoms with van der Waals surface area (Å²) in [6.07, 6.45) is 23.5. The Labute approximate surface area is 176 Å². The van der Waals surface area contributed by atoms with Gasteiger partial charge in [0.05, 0.1) is 26.8 Å². The molecular weight excluding hydrogens is 358 g/mol. The van der Waals surface area contributed by atoms with Crippen LogP contribution in [0.4, 0.5) is 0 Å². The van der Waals surface area contributed by atoms with Gasteiger partial charge in [-0.15, -0.1) is 0 Å². The van der Waals surface area contributed by atoms with E-state index in [9.17, 15) is 0 Å². The molecule has 0 aliphatic rings. The van der Waals surface area contributed by atoms with Crippen molar-refractivity contribution < 1.29 is 27.1 Å². The van der Waals surface area contributed by atoms with Crippen LogP contribution in [0.3, 0.4) is 0 Å². The van der Waals surface area contributed by atoms with E-state index < -0.39 is 0 Å². The van der Waals surface area contributed by atoms with Crippen LogP contribution in [0, 0.1) is 0 Å². The van der Waals surface area contributed by atoms with Crippen molar-refractivity contribution in [2.45, 2.75) is 96.8 Å². The molecule has 3 nitrogen and oxygen atoms in total. The van der Waals surface area contributed by atoms with Crippen LogP contribution in [0.1, 0.15) is 96.8 Å². The molecule has 0 bridgehead atoms. The first kappa shape index (κ1) is 29.1. The summed E-state index contributed by atoms with van der Waals surface area (Å²) in [7, 11) is 2.14. The number of aliphatic hydroxyl groups excluding tert-OH is 2. The zero-order chi connectivity index (χ0) is 19.3. The van der Waals surface area contributed by atoms with Gasteiger partial charge in [0.25, 0.3) is 0 Å². The molecule has 27 heavy (non-hydrogen) atoms. The molecule has 0 spiro atoms. The monoisotopic (exact) mass is 405 g/mol. The van der Waals surface area contributed by atoms with Crippen molar-refractivity contribution in [1.82, 2.24) is 0 Å². The van der Waals surface area contributed by atoms with Crippen molar-refractivity contribution in [3.63, 3.8) is 0 Å². The van der Waals surface area contributed by atoms with Crippen molar-refractivity contribution in [2.24, 2.45) is 0 Å². The summed E-state index contributed by atoms with van der Waals surface area (Å²) >= 11 is 0. The highest BCUT2D eigenvalue weighted by atomic mass is 35.5. The molecule has 164 valence electrons. The maximum Gasteiger partial charge on any atom is 0.102 e. The third-order valence-electron chi connectivity index (χ3n) is 5.49. The predicted octanol–water partition coefficient (Wildman–Crippen LogP) is 2.46. The molecule has 0 aromatic heterocycles. The normalized spacial score (nSPS) is 11.9. The minimum atomic E-state index is 0. The number of quaternary nitrogens is 1. The highest BCUT2D eigenvalue weighted by molar-refractivity contribution is 4.81. The summed E-state index contributed by atoms with van der Waals surface area (Å²) < 4.78 is 0.802. The Bertz CT molecular complexity index is 305. The van der Waals surface area contributed by atoms with Crippen LogP contribution >= 0.6 is 0 Å². The second-order valence-corrected chi connectivity index (χ2v) is 8.18. The van der Waals surface area contributed by atoms with Crippen molar-refractivity contribution >= 4 is 0 Å². The molecule has 0 saturated heterocycles. The number of hydrogen-bond donors (Lipinski definition) is 2. The molecule has 2 N–H and O–H groups in total. The van der Waals surface area contributed by atoms with E-state index in [-0.39, 0.29) is 25.6 Å². The zero-order valence-corrected chi connectivity index (χ0v) is 19.1. The molecule has 4 heteroatoms. The number of hydrogen-bond acceptors (Lipinski definition) is 2. The molecule has 0 radical (unpaired) electrons. The maximum atomic E-state index is 9.16. The van der Waals surface area contributed by atoms with E-state index in [1.54, 1.807) is 0 Å². The van der Waals surface area contributed by atoms with Crippen LogP contribution in [0.5, 0.6) is 0 Å². The fraction of sp³-hybridized carbons (Fsp3) is 0.913. The predicted molar refractivity (Wildman–Crippen MR) is 114 cm³/mol. The average Bonchev–Trinajstić information content (AvgIpc) is 2.62. The summed E-state index contributed by atoms with van der Waals surface area (Å²) in [6, 6.07) is 0. The third kappa shape index (κ3) is 20.5. The number of rotatable bonds is 20. The molecule has 0 aliphatic carbocycles. The third-order valence-corrected chi connectivity index (χ3v) is 5.49. The average molecular weight is 406 g/mol. The highest BCUT2D eigenvalue weighted by Gasteiger charge is 2.19. The number of aliphatic hydroxyl groups is 2. The summed E-state index contributed by atoms with van der Waals surface area (Å²) in [5.41, 5.74) is 0. The summed E-state index contributed by atoms with van der Waals surface area (Å²) in [5.74, 6) is 0. The number of unbranched alkanes of at least 4 members (excludes halogenated alkanes) is 12. The van der Waals surface area contributed by atoms with Gasteiger partial charge in [-0.2, -0.15) is 0 Å². The lowest BCUT2D eigenvalue weighted by Crippen LogP contribution is -3.00. The molecular formula is C23H48ClNO2. The van der Waals surface area contributed by atoms with Gasteiger partial charge in [0, 0.05) is 0 Å². The molecule has 0 aromatic carbocycles. The van der Waals surface area contributed by atoms with E-state index in [0.717, 1.165) is 24.1 Å². The smallest absolute Gasteiger partial charge is 0.102 e. The quantitative estimate of drug-likeness (QED) is 0.185. The number of nitrogens with zero attached hydrogens (tertiary/aromatic N) is 1. The molecule has 0 aliphatic heterocycles. The van der Waals surface area contributed by atoms with E-state index in [1.807, 2.05) is 0 Å². The lowest BCUT2D eigenvalue weighted by Gasteiger charge is -2.33. The van der Waals surface area contributed by atoms with E-state index in [4.69, 9.17) is 10.2 Å². The Hall–Kier alpha value is -0.0900. The SMILES string of the molecule is CCCCCCCC/C=C\CCCCCCCC[N+](C)(CCO)CCO.[Cl-]. The van der Waals surface area contributed by atoms with Gasteiger partial charge >= 0.3 is 0 Å². The van der Waals surface area contributed by atoms with Gasteiger partial charge in [0.2, 0.25) is 0 Å². The fourth-order valence-corrected chi connectivity index (χ4v) is 3.56. The van der Waals surface area contributed by atoms with E-state index in [0.29, 0.717) is 0 Å². The molecule has 0 fully saturated rings. The molecule has 0 heterocycles. The van der Waals surface area contributed by atoms with Gasteiger partial charge in [0.15, 0.2) is 0 Å². The topological polar surface area (TPSA) is 40.5 Å². The van der Waals surface area contributed by atoms with Crippen LogP contribution in [0.25, 0.3) is 0 Å². The van der Waals surface area contributed by atoms with Crippen molar-refractivity contribution in [1.29, 1.82) is 0 Å². The highest BCUT2D eigenvalue weighted by Crippen LogP contribution is 2.11. The Kier molecular flexibility index (Phi) is 23.9. The standard InChI is InChI=1S/C23H48NO2.ClH/c1-3-4-5-6-7-8-9-10-11-12-13-14-15-16-17-18-19-24(2,20-22-25)21-23-26;/h10-11,25-26H,3-9,12-23H2,1-2H3;1H/q+1;/p-1/b11-10-;. The molecule has 0 rings (SSSR count). The van der Waals surface area contributed by atoms with Crippen LogP contribution in [0.15, 0.2) is 12.2 Å². The first-order valence-electron chi connectivity index (χ1n) is 11.4. The summed E-state index contributed by atoms with van der Waals surface area (Å²) in [5, 5.41) is 18.3. The Morgan fingerprint density at radius 2 is 1.00 bits per heavy atom. The Morgan fingerprint density at radius 1 is 0.593 bits per heavy atom. The second kappa shape index (κ2) is 22.2. The molecule has 0 amide bonds. The minimum Gasteiger partial charge on any atom is -1.00 e. The first-order chi connectivity index (χ1) is 12.7. The van der Waals surface area contributed by atoms with Crippen molar-refractivity contribution in [2.75, 3.05) is 39.9 Å². The Morgan fingerprint density at radius 3 is 1.44 bits per heavy atom. The van der Waals surface area contributed by atoms with Gasteiger partial charge in [0.1, 0.15) is 13.1 Å². The molecule has 0 aromatic rings. The second-order valence-electron chi connectivity index (χ2n) is 8.18. The minimum absolute atomic E-state index is 0. The van der Waals surface area contributed by atoms with Crippen LogP contribution in [0.2, 0.25) is 0 Å². The summed E-state index contributed by atoms with van der Waals surface area (Å²) in [4.78, 5) is 0. The zero-order valence-electron chi connectivity index (χ0n) is 18.3. The van der Waals surface area contributed by atoms with E-state index >= 15 is 0 Å². The summed E-state index contributed by atoms with van der Waals surface area (Å²) in [6.45, 7) is 5.28. The largest absolute Gasteiger partial charge is 1.00 e. The van der Waals surface area contributed by atoms with E-state index in [2.05, 4.69) is 26.1 Å². The van der Waals surface area contributed by atoms with Gasteiger partial charge in [-0.05, 0) is 38.5 Å². The Balaban J connectivity index is 0. The van der Waals surface area contributed by atoms with Crippen LogP contribution in [-0.2, 0) is 0 Å². The number of allylic oxidation sites excluding steroid dienone is 2. The molecule has 0 saturated carbocycles. The fourth-order valence-electron chi connectivity index (χ4n) is 3.56. The lowest BCUT2D eigenvalue weighted by atomic mass is 10.1. The number of likely N-dealkylation sites (N-methyl/N-ethyl adjacent to an activating group) is 1. The van der Waals surface area contributed by atoms with Gasteiger partial charge < -0.3 is 27.1 Å². The van der Waals surface area contributed by atoms with Gasteiger partial charge in [-0.1, -0.05) is 70.4 Å². The van der Waals surface area contributed by atoms with Gasteiger partial charge in [-0.3, -0.25) is 0 Å². The maximum absolute atomic E-state index is 9.16. The lowest BCUT2D eigenvalue weighted by molar-refractivity contribution is -0.910. The molecule has 0 unspecified atom stereocenters. The van der Waals surface area contributed by atoms with Gasteiger partial charge in [-0.25, -0.2) is 0 Å². The van der Waals surface area contributed by atoms with Crippen LogP contribution < -0.4 is 12.4 Å². The van der Waals surface area contributed by atoms with Crippen molar-refractivity contribution in [3.8, 4) is 0 Å².